The molecule has 1 aromatic rings. The van der Waals surface area contributed by atoms with Crippen molar-refractivity contribution in [2.24, 2.45) is 17.7 Å². The molecule has 2 unspecified atom stereocenters. The molecule has 2 nitrogen and oxygen atoms in total. The topological polar surface area (TPSA) is 38.0 Å². The molecule has 17 heavy (non-hydrogen) atoms. The number of hydrazine groups is 1. The van der Waals surface area contributed by atoms with Gasteiger partial charge in [0.05, 0.1) is 0 Å². The zero-order valence-corrected chi connectivity index (χ0v) is 11.5. The molecule has 4 heteroatoms. The number of halogens is 2. The highest BCUT2D eigenvalue weighted by Crippen LogP contribution is 2.39. The molecule has 0 aliphatic heterocycles. The van der Waals surface area contributed by atoms with E-state index in [-0.39, 0.29) is 11.9 Å². The molecule has 2 rings (SSSR count). The van der Waals surface area contributed by atoms with Crippen molar-refractivity contribution < 1.29 is 4.39 Å². The predicted octanol–water partition coefficient (Wildman–Crippen LogP) is 3.01. The van der Waals surface area contributed by atoms with Gasteiger partial charge in [-0.2, -0.15) is 0 Å². The van der Waals surface area contributed by atoms with Crippen LogP contribution in [0, 0.1) is 17.7 Å². The number of nitrogens with one attached hydrogen (secondary N) is 1. The second kappa shape index (κ2) is 5.46. The summed E-state index contributed by atoms with van der Waals surface area (Å²) in [6.07, 6.45) is 3.35. The van der Waals surface area contributed by atoms with Gasteiger partial charge in [0, 0.05) is 10.5 Å². The molecule has 1 aliphatic carbocycles. The lowest BCUT2D eigenvalue weighted by Gasteiger charge is -2.23. The zero-order valence-electron chi connectivity index (χ0n) is 9.92. The molecule has 1 aromatic carbocycles. The molecule has 0 bridgehead atoms. The van der Waals surface area contributed by atoms with Crippen LogP contribution >= 0.6 is 15.9 Å². The first-order valence-electron chi connectivity index (χ1n) is 6.02. The van der Waals surface area contributed by atoms with E-state index >= 15 is 0 Å². The van der Waals surface area contributed by atoms with Crippen LogP contribution in [-0.4, -0.2) is 6.04 Å². The van der Waals surface area contributed by atoms with Crippen molar-refractivity contribution in [3.05, 3.63) is 34.1 Å². The van der Waals surface area contributed by atoms with Crippen molar-refractivity contribution in [3.63, 3.8) is 0 Å². The van der Waals surface area contributed by atoms with E-state index in [2.05, 4.69) is 28.3 Å². The van der Waals surface area contributed by atoms with E-state index in [0.29, 0.717) is 5.92 Å². The summed E-state index contributed by atoms with van der Waals surface area (Å²) in [6, 6.07) is 5.00. The minimum absolute atomic E-state index is 0.196. The van der Waals surface area contributed by atoms with E-state index in [0.717, 1.165) is 22.4 Å². The first-order chi connectivity index (χ1) is 8.11. The standard InChI is InChI=1S/C13H18BrFN2/c1-8(9-2-3-9)13(17-16)7-10-6-11(15)4-5-12(10)14/h4-6,8-9,13,17H,2-3,7,16H2,1H3. The molecule has 3 N–H and O–H groups in total. The Labute approximate surface area is 110 Å². The molecule has 1 fully saturated rings. The maximum Gasteiger partial charge on any atom is 0.123 e. The van der Waals surface area contributed by atoms with E-state index in [1.165, 1.54) is 18.9 Å². The number of benzene rings is 1. The van der Waals surface area contributed by atoms with Crippen LogP contribution in [0.25, 0.3) is 0 Å². The minimum Gasteiger partial charge on any atom is -0.271 e. The smallest absolute Gasteiger partial charge is 0.123 e. The normalized spacial score (nSPS) is 19.1. The maximum atomic E-state index is 13.2. The Hall–Kier alpha value is -0.450. The monoisotopic (exact) mass is 300 g/mol. The Morgan fingerprint density at radius 3 is 2.82 bits per heavy atom. The minimum atomic E-state index is -0.196. The fraction of sp³-hybridized carbons (Fsp3) is 0.538. The first kappa shape index (κ1) is 13.0. The van der Waals surface area contributed by atoms with Crippen LogP contribution in [0.5, 0.6) is 0 Å². The average Bonchev–Trinajstić information content (AvgIpc) is 3.13. The molecular formula is C13H18BrFN2. The highest BCUT2D eigenvalue weighted by molar-refractivity contribution is 9.10. The van der Waals surface area contributed by atoms with Gasteiger partial charge in [-0.05, 0) is 54.9 Å². The van der Waals surface area contributed by atoms with E-state index in [1.54, 1.807) is 12.1 Å². The molecule has 1 saturated carbocycles. The summed E-state index contributed by atoms with van der Waals surface area (Å²) >= 11 is 3.45. The molecule has 0 amide bonds. The predicted molar refractivity (Wildman–Crippen MR) is 70.8 cm³/mol. The molecule has 94 valence electrons. The van der Waals surface area contributed by atoms with Crippen LogP contribution in [0.1, 0.15) is 25.3 Å². The second-order valence-corrected chi connectivity index (χ2v) is 5.76. The molecule has 0 radical (unpaired) electrons. The van der Waals surface area contributed by atoms with Crippen molar-refractivity contribution >= 4 is 15.9 Å². The molecule has 2 atom stereocenters. The lowest BCUT2D eigenvalue weighted by atomic mass is 9.92. The van der Waals surface area contributed by atoms with Crippen LogP contribution in [0.2, 0.25) is 0 Å². The maximum absolute atomic E-state index is 13.2. The summed E-state index contributed by atoms with van der Waals surface area (Å²) in [5.74, 6) is 6.74. The Morgan fingerprint density at radius 2 is 2.24 bits per heavy atom. The highest BCUT2D eigenvalue weighted by Gasteiger charge is 2.33. The average molecular weight is 301 g/mol. The van der Waals surface area contributed by atoms with Crippen molar-refractivity contribution in [2.45, 2.75) is 32.2 Å². The third-order valence-corrected chi connectivity index (χ3v) is 4.44. The number of hydrogen-bond acceptors (Lipinski definition) is 2. The van der Waals surface area contributed by atoms with Gasteiger partial charge in [0.25, 0.3) is 0 Å². The van der Waals surface area contributed by atoms with Crippen LogP contribution in [-0.2, 0) is 6.42 Å². The van der Waals surface area contributed by atoms with Crippen molar-refractivity contribution in [1.29, 1.82) is 0 Å². The van der Waals surface area contributed by atoms with Gasteiger partial charge in [-0.25, -0.2) is 4.39 Å². The largest absolute Gasteiger partial charge is 0.271 e. The van der Waals surface area contributed by atoms with Gasteiger partial charge in [-0.3, -0.25) is 11.3 Å². The van der Waals surface area contributed by atoms with Gasteiger partial charge in [0.2, 0.25) is 0 Å². The highest BCUT2D eigenvalue weighted by atomic mass is 79.9. The molecular weight excluding hydrogens is 283 g/mol. The number of nitrogens with two attached hydrogens (primary N) is 1. The number of rotatable bonds is 5. The van der Waals surface area contributed by atoms with Gasteiger partial charge in [0.1, 0.15) is 5.82 Å². The fourth-order valence-electron chi connectivity index (χ4n) is 2.28. The Morgan fingerprint density at radius 1 is 1.53 bits per heavy atom. The SMILES string of the molecule is CC(C1CC1)C(Cc1cc(F)ccc1Br)NN. The van der Waals surface area contributed by atoms with Gasteiger partial charge >= 0.3 is 0 Å². The molecule has 0 aromatic heterocycles. The van der Waals surface area contributed by atoms with E-state index in [9.17, 15) is 4.39 Å². The summed E-state index contributed by atoms with van der Waals surface area (Å²) in [6.45, 7) is 2.22. The van der Waals surface area contributed by atoms with E-state index in [1.807, 2.05) is 0 Å². The van der Waals surface area contributed by atoms with Crippen LogP contribution in [0.4, 0.5) is 4.39 Å². The van der Waals surface area contributed by atoms with Crippen LogP contribution < -0.4 is 11.3 Å². The van der Waals surface area contributed by atoms with Crippen LogP contribution in [0.15, 0.2) is 22.7 Å². The lowest BCUT2D eigenvalue weighted by molar-refractivity contribution is 0.343. The fourth-order valence-corrected chi connectivity index (χ4v) is 2.69. The van der Waals surface area contributed by atoms with Crippen molar-refractivity contribution in [1.82, 2.24) is 5.43 Å². The molecule has 0 heterocycles. The summed E-state index contributed by atoms with van der Waals surface area (Å²) < 4.78 is 14.1. The summed E-state index contributed by atoms with van der Waals surface area (Å²) in [5.41, 5.74) is 3.85. The van der Waals surface area contributed by atoms with Crippen molar-refractivity contribution in [3.8, 4) is 0 Å². The summed E-state index contributed by atoms with van der Waals surface area (Å²) in [5, 5.41) is 0. The Kier molecular flexibility index (Phi) is 4.17. The molecule has 0 spiro atoms. The third kappa shape index (κ3) is 3.27. The Bertz CT molecular complexity index is 393. The van der Waals surface area contributed by atoms with Gasteiger partial charge in [-0.1, -0.05) is 22.9 Å². The number of hydrogen-bond donors (Lipinski definition) is 2. The van der Waals surface area contributed by atoms with E-state index in [4.69, 9.17) is 5.84 Å². The van der Waals surface area contributed by atoms with Gasteiger partial charge < -0.3 is 0 Å². The summed E-state index contributed by atoms with van der Waals surface area (Å²) in [4.78, 5) is 0. The van der Waals surface area contributed by atoms with Crippen LogP contribution in [0.3, 0.4) is 0 Å². The molecule has 1 aliphatic rings. The van der Waals surface area contributed by atoms with Gasteiger partial charge in [-0.15, -0.1) is 0 Å². The van der Waals surface area contributed by atoms with Crippen molar-refractivity contribution in [2.75, 3.05) is 0 Å². The summed E-state index contributed by atoms with van der Waals surface area (Å²) in [7, 11) is 0. The van der Waals surface area contributed by atoms with E-state index < -0.39 is 0 Å². The molecule has 0 saturated heterocycles. The quantitative estimate of drug-likeness (QED) is 0.648. The Balaban J connectivity index is 2.08. The zero-order chi connectivity index (χ0) is 12.4. The first-order valence-corrected chi connectivity index (χ1v) is 6.81. The second-order valence-electron chi connectivity index (χ2n) is 4.91. The third-order valence-electron chi connectivity index (χ3n) is 3.66. The van der Waals surface area contributed by atoms with Gasteiger partial charge in [0.15, 0.2) is 0 Å². The lowest BCUT2D eigenvalue weighted by Crippen LogP contribution is -2.42.